The fraction of sp³-hybridized carbons (Fsp3) is 0.765. The van der Waals surface area contributed by atoms with Crippen LogP contribution >= 0.6 is 0 Å². The molecular formula is C17H16N4O. The van der Waals surface area contributed by atoms with E-state index in [2.05, 4.69) is 24.3 Å². The van der Waals surface area contributed by atoms with E-state index in [1.54, 1.807) is 0 Å². The molecule has 0 amide bonds. The van der Waals surface area contributed by atoms with Crippen molar-refractivity contribution in [1.82, 2.24) is 0 Å². The van der Waals surface area contributed by atoms with Crippen LogP contribution in [0.15, 0.2) is 0 Å². The summed E-state index contributed by atoms with van der Waals surface area (Å²) in [6.07, 6.45) is -0.0188. The Hall–Kier alpha value is -2.08. The highest BCUT2D eigenvalue weighted by Gasteiger charge is 2.93. The number of hydrogen-bond acceptors (Lipinski definition) is 5. The fourth-order valence-electron chi connectivity index (χ4n) is 6.13. The molecule has 0 aromatic carbocycles. The summed E-state index contributed by atoms with van der Waals surface area (Å²) in [6, 6.07) is 8.35. The standard InChI is InChI=1S/C17H16N4O/c1-15(2,3)22-14-10-8-9(10)13-11(14)12(8)16(4-18,5-19)17(13,6-20)7-21/h8-14H,1-3H3. The molecular weight excluding hydrogens is 276 g/mol. The Labute approximate surface area is 129 Å². The Morgan fingerprint density at radius 1 is 0.727 bits per heavy atom. The normalized spacial score (nSPS) is 47.1. The summed E-state index contributed by atoms with van der Waals surface area (Å²) >= 11 is 0. The molecule has 5 saturated carbocycles. The van der Waals surface area contributed by atoms with E-state index in [1.807, 2.05) is 20.8 Å². The number of nitriles is 4. The van der Waals surface area contributed by atoms with Gasteiger partial charge in [-0.1, -0.05) is 0 Å². The minimum Gasteiger partial charge on any atom is -0.372 e. The van der Waals surface area contributed by atoms with E-state index >= 15 is 0 Å². The molecule has 5 rings (SSSR count). The van der Waals surface area contributed by atoms with Gasteiger partial charge >= 0.3 is 0 Å². The number of ether oxygens (including phenoxy) is 1. The number of rotatable bonds is 1. The molecule has 22 heavy (non-hydrogen) atoms. The predicted molar refractivity (Wildman–Crippen MR) is 72.9 cm³/mol. The lowest BCUT2D eigenvalue weighted by molar-refractivity contribution is -0.0811. The molecule has 5 unspecified atom stereocenters. The highest BCUT2D eigenvalue weighted by atomic mass is 16.5. The van der Waals surface area contributed by atoms with Crippen molar-refractivity contribution in [2.75, 3.05) is 0 Å². The van der Waals surface area contributed by atoms with Crippen LogP contribution < -0.4 is 0 Å². The molecule has 0 aliphatic heterocycles. The minimum atomic E-state index is -1.50. The number of nitrogens with zero attached hydrogens (tertiary/aromatic N) is 4. The second kappa shape index (κ2) is 3.46. The van der Waals surface area contributed by atoms with Crippen molar-refractivity contribution in [2.24, 2.45) is 46.3 Å². The third-order valence-electron chi connectivity index (χ3n) is 6.43. The van der Waals surface area contributed by atoms with Gasteiger partial charge in [-0.25, -0.2) is 0 Å². The van der Waals surface area contributed by atoms with Crippen LogP contribution in [-0.4, -0.2) is 11.7 Å². The van der Waals surface area contributed by atoms with E-state index in [0.717, 1.165) is 0 Å². The van der Waals surface area contributed by atoms with Gasteiger partial charge in [-0.15, -0.1) is 0 Å². The van der Waals surface area contributed by atoms with Crippen LogP contribution in [0.5, 0.6) is 0 Å². The quantitative estimate of drug-likeness (QED) is 0.735. The summed E-state index contributed by atoms with van der Waals surface area (Å²) in [5.41, 5.74) is -3.31. The van der Waals surface area contributed by atoms with Gasteiger partial charge in [0.2, 0.25) is 0 Å². The van der Waals surface area contributed by atoms with E-state index in [4.69, 9.17) is 4.74 Å². The zero-order valence-corrected chi connectivity index (χ0v) is 12.7. The van der Waals surface area contributed by atoms with Crippen molar-refractivity contribution < 1.29 is 4.74 Å². The average molecular weight is 292 g/mol. The molecule has 5 aliphatic rings. The highest BCUT2D eigenvalue weighted by Crippen LogP contribution is 2.89. The third-order valence-corrected chi connectivity index (χ3v) is 6.43. The van der Waals surface area contributed by atoms with Crippen molar-refractivity contribution in [3.8, 4) is 24.3 Å². The highest BCUT2D eigenvalue weighted by molar-refractivity contribution is 5.51. The van der Waals surface area contributed by atoms with Crippen molar-refractivity contribution >= 4 is 0 Å². The minimum absolute atomic E-state index is 0.00201. The van der Waals surface area contributed by atoms with Crippen molar-refractivity contribution in [3.63, 3.8) is 0 Å². The molecule has 0 spiro atoms. The lowest BCUT2D eigenvalue weighted by Gasteiger charge is -2.34. The van der Waals surface area contributed by atoms with Crippen molar-refractivity contribution in [3.05, 3.63) is 0 Å². The van der Waals surface area contributed by atoms with Gasteiger partial charge in [-0.3, -0.25) is 0 Å². The molecule has 0 saturated heterocycles. The van der Waals surface area contributed by atoms with E-state index in [-0.39, 0.29) is 41.3 Å². The maximum atomic E-state index is 9.71. The molecule has 5 nitrogen and oxygen atoms in total. The second-order valence-corrected chi connectivity index (χ2v) is 8.12. The SMILES string of the molecule is CC(C)(C)OC1C2C3C2C2C1C3C(C#N)(C#N)C2(C#N)C#N. The first-order chi connectivity index (χ1) is 10.3. The largest absolute Gasteiger partial charge is 0.372 e. The molecule has 0 aromatic rings. The predicted octanol–water partition coefficient (Wildman–Crippen LogP) is 1.99. The van der Waals surface area contributed by atoms with E-state index in [9.17, 15) is 21.0 Å². The van der Waals surface area contributed by atoms with Gasteiger partial charge in [0.05, 0.1) is 36.0 Å². The molecule has 0 radical (unpaired) electrons. The van der Waals surface area contributed by atoms with Crippen LogP contribution in [-0.2, 0) is 4.74 Å². The monoisotopic (exact) mass is 292 g/mol. The lowest BCUT2D eigenvalue weighted by Crippen LogP contribution is -2.44. The second-order valence-electron chi connectivity index (χ2n) is 8.12. The molecule has 0 aromatic heterocycles. The lowest BCUT2D eigenvalue weighted by atomic mass is 9.58. The zero-order chi connectivity index (χ0) is 16.1. The molecule has 0 N–H and O–H groups in total. The summed E-state index contributed by atoms with van der Waals surface area (Å²) < 4.78 is 6.21. The van der Waals surface area contributed by atoms with Crippen LogP contribution in [0.2, 0.25) is 0 Å². The molecule has 110 valence electrons. The van der Waals surface area contributed by atoms with E-state index in [0.29, 0.717) is 5.92 Å². The van der Waals surface area contributed by atoms with Gasteiger partial charge in [0, 0.05) is 11.8 Å². The van der Waals surface area contributed by atoms with Gasteiger partial charge in [-0.05, 0) is 44.4 Å². The number of hydrogen-bond donors (Lipinski definition) is 0. The Morgan fingerprint density at radius 3 is 1.45 bits per heavy atom. The Morgan fingerprint density at radius 2 is 1.14 bits per heavy atom. The van der Waals surface area contributed by atoms with Crippen LogP contribution in [0.3, 0.4) is 0 Å². The first-order valence-electron chi connectivity index (χ1n) is 7.66. The van der Waals surface area contributed by atoms with Gasteiger partial charge in [0.1, 0.15) is 0 Å². The summed E-state index contributed by atoms with van der Waals surface area (Å²) in [4.78, 5) is 0. The van der Waals surface area contributed by atoms with Crippen molar-refractivity contribution in [2.45, 2.75) is 32.5 Å². The fourth-order valence-corrected chi connectivity index (χ4v) is 6.13. The summed E-state index contributed by atoms with van der Waals surface area (Å²) in [5, 5.41) is 38.8. The van der Waals surface area contributed by atoms with E-state index in [1.165, 1.54) is 0 Å². The van der Waals surface area contributed by atoms with Crippen LogP contribution in [0.1, 0.15) is 20.8 Å². The third kappa shape index (κ3) is 1.05. The molecule has 0 heterocycles. The van der Waals surface area contributed by atoms with E-state index < -0.39 is 10.8 Å². The Kier molecular flexibility index (Phi) is 2.13. The first kappa shape index (κ1) is 13.6. The topological polar surface area (TPSA) is 104 Å². The zero-order valence-electron chi connectivity index (χ0n) is 12.7. The van der Waals surface area contributed by atoms with Crippen LogP contribution in [0.25, 0.3) is 0 Å². The van der Waals surface area contributed by atoms with Gasteiger partial charge in [-0.2, -0.15) is 21.0 Å². The maximum absolute atomic E-state index is 9.71. The van der Waals surface area contributed by atoms with Gasteiger partial charge in [0.25, 0.3) is 0 Å². The maximum Gasteiger partial charge on any atom is 0.179 e. The molecule has 6 bridgehead atoms. The summed E-state index contributed by atoms with van der Waals surface area (Å²) in [6.45, 7) is 5.98. The average Bonchev–Trinajstić information content (AvgIpc) is 2.72. The Balaban J connectivity index is 1.85. The molecule has 5 heteroatoms. The van der Waals surface area contributed by atoms with Crippen molar-refractivity contribution in [1.29, 1.82) is 21.0 Å². The smallest absolute Gasteiger partial charge is 0.179 e. The molecule has 5 aliphatic carbocycles. The van der Waals surface area contributed by atoms with Gasteiger partial charge in [0.15, 0.2) is 10.8 Å². The summed E-state index contributed by atoms with van der Waals surface area (Å²) in [7, 11) is 0. The van der Waals surface area contributed by atoms with Gasteiger partial charge < -0.3 is 4.74 Å². The Bertz CT molecular complexity index is 657. The van der Waals surface area contributed by atoms with Crippen LogP contribution in [0, 0.1) is 91.7 Å². The first-order valence-corrected chi connectivity index (χ1v) is 7.66. The molecule has 5 atom stereocenters. The summed E-state index contributed by atoms with van der Waals surface area (Å²) in [5.74, 6) is 0.526. The molecule has 5 fully saturated rings. The van der Waals surface area contributed by atoms with Crippen LogP contribution in [0.4, 0.5) is 0 Å².